The summed E-state index contributed by atoms with van der Waals surface area (Å²) >= 11 is 0. The lowest BCUT2D eigenvalue weighted by Crippen LogP contribution is -2.51. The third kappa shape index (κ3) is 7.44. The smallest absolute Gasteiger partial charge is 0.407 e. The number of ether oxygens (including phenoxy) is 3. The fourth-order valence-electron chi connectivity index (χ4n) is 8.16. The Bertz CT molecular complexity index is 2070. The third-order valence-corrected chi connectivity index (χ3v) is 11.2. The number of H-pyrrole nitrogens is 2. The Kier molecular flexibility index (Phi) is 11.4. The molecule has 4 amide bonds. The van der Waals surface area contributed by atoms with Gasteiger partial charge in [-0.15, -0.1) is 0 Å². The highest BCUT2D eigenvalue weighted by Gasteiger charge is 2.39. The zero-order chi connectivity index (χ0) is 41.4. The number of aromatic amines is 2. The molecule has 0 bridgehead atoms. The second-order valence-corrected chi connectivity index (χ2v) is 15.5. The fraction of sp³-hybridized carbons (Fsp3) is 0.463. The number of imidazole rings is 2. The molecule has 17 heteroatoms. The first kappa shape index (κ1) is 40.2. The van der Waals surface area contributed by atoms with Crippen molar-refractivity contribution in [2.24, 2.45) is 11.8 Å². The van der Waals surface area contributed by atoms with Gasteiger partial charge in [0.1, 0.15) is 36.2 Å². The van der Waals surface area contributed by atoms with Gasteiger partial charge in [0.05, 0.1) is 50.1 Å². The Morgan fingerprint density at radius 2 is 1.17 bits per heavy atom. The van der Waals surface area contributed by atoms with Gasteiger partial charge >= 0.3 is 12.2 Å². The fourth-order valence-corrected chi connectivity index (χ4v) is 8.16. The highest BCUT2D eigenvalue weighted by Crippen LogP contribution is 2.45. The molecule has 5 heterocycles. The van der Waals surface area contributed by atoms with Crippen LogP contribution in [0, 0.1) is 23.5 Å². The van der Waals surface area contributed by atoms with Crippen LogP contribution in [0.15, 0.2) is 36.7 Å². The molecule has 2 saturated heterocycles. The Balaban J connectivity index is 1.10. The molecule has 2 fully saturated rings. The summed E-state index contributed by atoms with van der Waals surface area (Å²) in [7, 11) is 2.49. The van der Waals surface area contributed by atoms with Crippen LogP contribution in [0.1, 0.15) is 82.7 Å². The maximum Gasteiger partial charge on any atom is 0.407 e. The molecule has 3 aliphatic rings. The number of benzene rings is 2. The molecular weight excluding hydrogens is 754 g/mol. The summed E-state index contributed by atoms with van der Waals surface area (Å²) < 4.78 is 48.0. The Labute approximate surface area is 334 Å². The topological polar surface area (TPSA) is 184 Å². The van der Waals surface area contributed by atoms with Gasteiger partial charge in [-0.05, 0) is 61.3 Å². The average Bonchev–Trinajstić information content (AvgIpc) is 4.05. The van der Waals surface area contributed by atoms with Crippen LogP contribution in [0.25, 0.3) is 33.6 Å². The largest absolute Gasteiger partial charge is 0.485 e. The summed E-state index contributed by atoms with van der Waals surface area (Å²) in [6.07, 6.45) is 4.39. The van der Waals surface area contributed by atoms with Crippen LogP contribution in [0.5, 0.6) is 5.75 Å². The molecule has 2 aromatic carbocycles. The van der Waals surface area contributed by atoms with E-state index in [9.17, 15) is 19.2 Å². The van der Waals surface area contributed by atoms with Crippen molar-refractivity contribution in [3.05, 3.63) is 65.5 Å². The van der Waals surface area contributed by atoms with Crippen molar-refractivity contribution in [3.63, 3.8) is 0 Å². The van der Waals surface area contributed by atoms with Gasteiger partial charge in [0.25, 0.3) is 0 Å². The number of amides is 4. The number of alkyl carbamates (subject to hydrolysis) is 2. The van der Waals surface area contributed by atoms with Crippen molar-refractivity contribution in [2.45, 2.75) is 84.2 Å². The average molecular weight is 803 g/mol. The molecule has 308 valence electrons. The molecule has 0 saturated carbocycles. The molecule has 4 N–H and O–H groups in total. The van der Waals surface area contributed by atoms with Crippen LogP contribution in [0.3, 0.4) is 0 Å². The Hall–Kier alpha value is -6.00. The first-order valence-corrected chi connectivity index (χ1v) is 19.5. The maximum atomic E-state index is 16.3. The van der Waals surface area contributed by atoms with Crippen molar-refractivity contribution in [1.82, 2.24) is 40.4 Å². The maximum absolute atomic E-state index is 16.3. The number of methoxy groups -OCH3 is 2. The molecule has 58 heavy (non-hydrogen) atoms. The summed E-state index contributed by atoms with van der Waals surface area (Å²) in [5.74, 6) is -1.10. The standard InChI is InChI=1S/C41H48F2N8O7/c1-20(2)33(48-40(54)56-5)38(52)50-15-7-9-29(50)36-44-17-27(46-36)24-13-11-22-23-12-14-25(32(43)35(23)58-19-26(22)31(24)42)28-18-45-37(47-28)30-10-8-16-51(30)39(53)34(21(3)4)49-41(55)57-6/h11-14,17-18,20-21,29-30,33-34H,7-10,15-16,19H2,1-6H3,(H,44,46)(H,45,47)(H,48,54)(H,49,55)/t29-,30-,33-,34-/m0/s1. The van der Waals surface area contributed by atoms with E-state index in [1.54, 1.807) is 34.1 Å². The molecule has 7 rings (SSSR count). The van der Waals surface area contributed by atoms with Gasteiger partial charge in [-0.3, -0.25) is 9.59 Å². The SMILES string of the molecule is COC(=O)N[C@H](C(=O)N1CCC[C@H]1c1ncc(-c2ccc3c(c2F)COc2c-3ccc(-c3cnc([C@@H]4CCCN4C(=O)[C@@H](NC(=O)OC)C(C)C)[nH]3)c2F)[nH]1)C(C)C. The molecule has 0 spiro atoms. The number of fused-ring (bicyclic) bond motifs is 3. The van der Waals surface area contributed by atoms with Gasteiger partial charge in [0.15, 0.2) is 11.6 Å². The molecule has 3 aliphatic heterocycles. The highest BCUT2D eigenvalue weighted by molar-refractivity contribution is 5.87. The van der Waals surface area contributed by atoms with E-state index in [1.807, 2.05) is 27.7 Å². The highest BCUT2D eigenvalue weighted by atomic mass is 19.1. The number of halogens is 2. The van der Waals surface area contributed by atoms with Gasteiger partial charge in [-0.2, -0.15) is 0 Å². The minimum absolute atomic E-state index is 0.0177. The van der Waals surface area contributed by atoms with E-state index in [4.69, 9.17) is 14.2 Å². The summed E-state index contributed by atoms with van der Waals surface area (Å²) in [6, 6.07) is 4.23. The van der Waals surface area contributed by atoms with Crippen LogP contribution in [-0.2, 0) is 25.7 Å². The number of aromatic nitrogens is 4. The number of carbonyl (C=O) groups is 4. The minimum Gasteiger partial charge on any atom is -0.485 e. The quantitative estimate of drug-likeness (QED) is 0.141. The molecule has 0 aliphatic carbocycles. The predicted octanol–water partition coefficient (Wildman–Crippen LogP) is 6.39. The monoisotopic (exact) mass is 802 g/mol. The second kappa shape index (κ2) is 16.5. The lowest BCUT2D eigenvalue weighted by atomic mass is 9.92. The van der Waals surface area contributed by atoms with Crippen LogP contribution in [0.4, 0.5) is 18.4 Å². The zero-order valence-electron chi connectivity index (χ0n) is 33.3. The summed E-state index contributed by atoms with van der Waals surface area (Å²) in [6.45, 7) is 8.09. The molecular formula is C41H48F2N8O7. The third-order valence-electron chi connectivity index (χ3n) is 11.2. The number of hydrogen-bond donors (Lipinski definition) is 4. The van der Waals surface area contributed by atoms with E-state index in [0.717, 1.165) is 12.8 Å². The number of nitrogens with one attached hydrogen (secondary N) is 4. The van der Waals surface area contributed by atoms with E-state index in [-0.39, 0.29) is 52.7 Å². The van der Waals surface area contributed by atoms with Gasteiger partial charge in [0, 0.05) is 35.3 Å². The number of hydrogen-bond acceptors (Lipinski definition) is 9. The number of rotatable bonds is 10. The van der Waals surface area contributed by atoms with Crippen molar-refractivity contribution < 1.29 is 42.2 Å². The van der Waals surface area contributed by atoms with Gasteiger partial charge in [0.2, 0.25) is 11.8 Å². The Morgan fingerprint density at radius 3 is 1.64 bits per heavy atom. The number of carbonyl (C=O) groups excluding carboxylic acids is 4. The molecule has 4 atom stereocenters. The first-order chi connectivity index (χ1) is 27.8. The zero-order valence-corrected chi connectivity index (χ0v) is 33.3. The van der Waals surface area contributed by atoms with E-state index >= 15 is 8.78 Å². The van der Waals surface area contributed by atoms with E-state index < -0.39 is 48.0 Å². The lowest BCUT2D eigenvalue weighted by molar-refractivity contribution is -0.136. The van der Waals surface area contributed by atoms with Gasteiger partial charge < -0.3 is 44.6 Å². The first-order valence-electron chi connectivity index (χ1n) is 19.5. The van der Waals surface area contributed by atoms with Crippen molar-refractivity contribution in [3.8, 4) is 39.4 Å². The summed E-state index contributed by atoms with van der Waals surface area (Å²) in [5.41, 5.74) is 2.38. The van der Waals surface area contributed by atoms with Crippen LogP contribution in [-0.4, -0.2) is 93.1 Å². The van der Waals surface area contributed by atoms with Crippen molar-refractivity contribution in [1.29, 1.82) is 0 Å². The van der Waals surface area contributed by atoms with Crippen LogP contribution in [0.2, 0.25) is 0 Å². The van der Waals surface area contributed by atoms with Crippen molar-refractivity contribution >= 4 is 24.0 Å². The lowest BCUT2D eigenvalue weighted by Gasteiger charge is -2.30. The second-order valence-electron chi connectivity index (χ2n) is 15.5. The Morgan fingerprint density at radius 1 is 0.724 bits per heavy atom. The summed E-state index contributed by atoms with van der Waals surface area (Å²) in [4.78, 5) is 70.0. The molecule has 0 unspecified atom stereocenters. The molecule has 4 aromatic rings. The van der Waals surface area contributed by atoms with E-state index in [0.29, 0.717) is 60.1 Å². The van der Waals surface area contributed by atoms with Crippen LogP contribution < -0.4 is 15.4 Å². The number of nitrogens with zero attached hydrogens (tertiary/aromatic N) is 4. The summed E-state index contributed by atoms with van der Waals surface area (Å²) in [5, 5.41) is 5.27. The minimum atomic E-state index is -0.791. The van der Waals surface area contributed by atoms with Gasteiger partial charge in [-0.1, -0.05) is 33.8 Å². The molecule has 2 aromatic heterocycles. The van der Waals surface area contributed by atoms with Crippen molar-refractivity contribution in [2.75, 3.05) is 27.3 Å². The number of likely N-dealkylation sites (tertiary alicyclic amines) is 2. The molecule has 0 radical (unpaired) electrons. The normalized spacial score (nSPS) is 18.4. The van der Waals surface area contributed by atoms with E-state index in [2.05, 4.69) is 30.6 Å². The van der Waals surface area contributed by atoms with Crippen LogP contribution >= 0.6 is 0 Å². The van der Waals surface area contributed by atoms with Gasteiger partial charge in [-0.25, -0.2) is 28.3 Å². The van der Waals surface area contributed by atoms with E-state index in [1.165, 1.54) is 26.6 Å². The predicted molar refractivity (Wildman–Crippen MR) is 207 cm³/mol. The molecule has 15 nitrogen and oxygen atoms in total.